The van der Waals surface area contributed by atoms with Crippen LogP contribution in [0, 0.1) is 5.82 Å². The van der Waals surface area contributed by atoms with E-state index in [0.29, 0.717) is 22.5 Å². The van der Waals surface area contributed by atoms with E-state index in [0.717, 1.165) is 5.56 Å². The van der Waals surface area contributed by atoms with Gasteiger partial charge in [0.15, 0.2) is 24.8 Å². The molecule has 0 unspecified atom stereocenters. The molecule has 0 heterocycles. The highest BCUT2D eigenvalue weighted by Gasteiger charge is 2.10. The van der Waals surface area contributed by atoms with Crippen molar-refractivity contribution in [3.05, 3.63) is 63.3 Å². The summed E-state index contributed by atoms with van der Waals surface area (Å²) in [6.45, 7) is -0.513. The van der Waals surface area contributed by atoms with E-state index in [4.69, 9.17) is 21.1 Å². The maximum absolute atomic E-state index is 13.5. The summed E-state index contributed by atoms with van der Waals surface area (Å²) in [5.41, 5.74) is 1.02. The van der Waals surface area contributed by atoms with Crippen molar-refractivity contribution >= 4 is 39.4 Å². The minimum Gasteiger partial charge on any atom is -0.479 e. The largest absolute Gasteiger partial charge is 0.479 e. The van der Waals surface area contributed by atoms with E-state index in [1.165, 1.54) is 12.1 Å². The van der Waals surface area contributed by atoms with Crippen LogP contribution in [0.25, 0.3) is 0 Å². The lowest BCUT2D eigenvalue weighted by atomic mass is 10.1. The molecule has 0 aliphatic heterocycles. The van der Waals surface area contributed by atoms with Gasteiger partial charge in [-0.3, -0.25) is 4.79 Å². The summed E-state index contributed by atoms with van der Waals surface area (Å²) in [5.74, 6) is -1.87. The average molecular weight is 445 g/mol. The lowest BCUT2D eigenvalue weighted by Gasteiger charge is -2.08. The lowest BCUT2D eigenvalue weighted by molar-refractivity contribution is -0.150. The van der Waals surface area contributed by atoms with Gasteiger partial charge in [-0.25, -0.2) is 9.18 Å². The molecule has 0 radical (unpaired) electrons. The van der Waals surface area contributed by atoms with Gasteiger partial charge < -0.3 is 14.8 Å². The highest BCUT2D eigenvalue weighted by Crippen LogP contribution is 2.21. The zero-order valence-electron chi connectivity index (χ0n) is 13.6. The first-order valence-corrected chi connectivity index (χ1v) is 8.86. The predicted octanol–water partition coefficient (Wildman–Crippen LogP) is 3.52. The van der Waals surface area contributed by atoms with Crippen molar-refractivity contribution in [1.82, 2.24) is 5.32 Å². The monoisotopic (exact) mass is 443 g/mol. The van der Waals surface area contributed by atoms with E-state index in [1.54, 1.807) is 18.2 Å². The molecule has 0 aliphatic carbocycles. The van der Waals surface area contributed by atoms with Crippen LogP contribution in [-0.4, -0.2) is 31.6 Å². The van der Waals surface area contributed by atoms with E-state index in [-0.39, 0.29) is 5.75 Å². The molecule has 138 valence electrons. The van der Waals surface area contributed by atoms with Crippen molar-refractivity contribution in [3.63, 3.8) is 0 Å². The minimum absolute atomic E-state index is 0.0717. The molecule has 0 bridgehead atoms. The number of nitrogens with one attached hydrogen (secondary N) is 1. The number of hydrogen-bond acceptors (Lipinski definition) is 4. The molecule has 2 aromatic carbocycles. The van der Waals surface area contributed by atoms with Crippen LogP contribution in [0.5, 0.6) is 5.75 Å². The van der Waals surface area contributed by atoms with Crippen LogP contribution in [0.15, 0.2) is 46.9 Å². The molecule has 0 fully saturated rings. The molecular formula is C18H16BrClFNO4. The first-order valence-electron chi connectivity index (χ1n) is 7.68. The number of rotatable bonds is 8. The van der Waals surface area contributed by atoms with Crippen molar-refractivity contribution in [2.75, 3.05) is 19.8 Å². The van der Waals surface area contributed by atoms with Gasteiger partial charge in [0.25, 0.3) is 5.91 Å². The van der Waals surface area contributed by atoms with Crippen molar-refractivity contribution in [2.45, 2.75) is 6.42 Å². The molecule has 5 nitrogen and oxygen atoms in total. The molecule has 26 heavy (non-hydrogen) atoms. The van der Waals surface area contributed by atoms with Gasteiger partial charge in [-0.05, 0) is 42.3 Å². The summed E-state index contributed by atoms with van der Waals surface area (Å²) in [4.78, 5) is 23.2. The van der Waals surface area contributed by atoms with Crippen molar-refractivity contribution in [1.29, 1.82) is 0 Å². The highest BCUT2D eigenvalue weighted by atomic mass is 79.9. The molecular weight excluding hydrogens is 429 g/mol. The Kier molecular flexibility index (Phi) is 7.87. The van der Waals surface area contributed by atoms with Crippen LogP contribution in [0.4, 0.5) is 4.39 Å². The number of carbonyl (C=O) groups is 2. The molecule has 0 saturated carbocycles. The molecule has 1 amide bonds. The molecule has 2 aromatic rings. The van der Waals surface area contributed by atoms with Gasteiger partial charge in [0.1, 0.15) is 0 Å². The van der Waals surface area contributed by atoms with Crippen LogP contribution in [0.1, 0.15) is 5.56 Å². The Morgan fingerprint density at radius 1 is 1.12 bits per heavy atom. The topological polar surface area (TPSA) is 64.6 Å². The summed E-state index contributed by atoms with van der Waals surface area (Å²) in [5, 5.41) is 3.28. The number of benzene rings is 2. The summed E-state index contributed by atoms with van der Waals surface area (Å²) < 4.78 is 23.9. The second kappa shape index (κ2) is 10.1. The number of hydrogen-bond donors (Lipinski definition) is 1. The van der Waals surface area contributed by atoms with Gasteiger partial charge in [-0.15, -0.1) is 0 Å². The lowest BCUT2D eigenvalue weighted by Crippen LogP contribution is -2.31. The molecule has 0 aromatic heterocycles. The van der Waals surface area contributed by atoms with E-state index in [2.05, 4.69) is 21.2 Å². The van der Waals surface area contributed by atoms with Gasteiger partial charge in [0.2, 0.25) is 0 Å². The Bertz CT molecular complexity index is 770. The third-order valence-corrected chi connectivity index (χ3v) is 4.00. The van der Waals surface area contributed by atoms with Crippen molar-refractivity contribution in [3.8, 4) is 5.75 Å². The zero-order valence-corrected chi connectivity index (χ0v) is 16.0. The third-order valence-electron chi connectivity index (χ3n) is 3.25. The van der Waals surface area contributed by atoms with Crippen molar-refractivity contribution < 1.29 is 23.5 Å². The third kappa shape index (κ3) is 7.01. The maximum atomic E-state index is 13.5. The van der Waals surface area contributed by atoms with Crippen LogP contribution in [0.2, 0.25) is 5.02 Å². The Morgan fingerprint density at radius 2 is 1.85 bits per heavy atom. The van der Waals surface area contributed by atoms with Gasteiger partial charge in [0, 0.05) is 16.0 Å². The second-order valence-corrected chi connectivity index (χ2v) is 6.60. The van der Waals surface area contributed by atoms with E-state index >= 15 is 0 Å². The molecule has 2 rings (SSSR count). The van der Waals surface area contributed by atoms with E-state index in [1.807, 2.05) is 12.1 Å². The van der Waals surface area contributed by atoms with Gasteiger partial charge in [-0.2, -0.15) is 0 Å². The Labute approximate surface area is 163 Å². The molecule has 0 spiro atoms. The standard InChI is InChI=1S/C18H16BrClFNO4/c19-13-3-6-16(15(21)9-13)25-11-18(24)26-10-17(23)22-8-7-12-1-4-14(20)5-2-12/h1-6,9H,7-8,10-11H2,(H,22,23). The molecule has 0 atom stereocenters. The Morgan fingerprint density at radius 3 is 2.54 bits per heavy atom. The zero-order chi connectivity index (χ0) is 18.9. The molecule has 1 N–H and O–H groups in total. The van der Waals surface area contributed by atoms with Crippen LogP contribution >= 0.6 is 27.5 Å². The Hall–Kier alpha value is -2.12. The fourth-order valence-corrected chi connectivity index (χ4v) is 2.42. The van der Waals surface area contributed by atoms with E-state index in [9.17, 15) is 14.0 Å². The van der Waals surface area contributed by atoms with Crippen LogP contribution < -0.4 is 10.1 Å². The molecule has 8 heteroatoms. The molecule has 0 saturated heterocycles. The fourth-order valence-electron chi connectivity index (χ4n) is 1.97. The number of esters is 1. The first kappa shape index (κ1) is 20.2. The Balaban J connectivity index is 1.63. The second-order valence-electron chi connectivity index (χ2n) is 5.25. The number of amides is 1. The SMILES string of the molecule is O=C(COC(=O)COc1ccc(Br)cc1F)NCCc1ccc(Cl)cc1. The number of carbonyl (C=O) groups excluding carboxylic acids is 2. The highest BCUT2D eigenvalue weighted by molar-refractivity contribution is 9.10. The smallest absolute Gasteiger partial charge is 0.344 e. The minimum atomic E-state index is -0.764. The first-order chi connectivity index (χ1) is 12.4. The van der Waals surface area contributed by atoms with Gasteiger partial charge in [0.05, 0.1) is 0 Å². The predicted molar refractivity (Wildman–Crippen MR) is 98.7 cm³/mol. The summed E-state index contributed by atoms with van der Waals surface area (Å²) in [7, 11) is 0. The average Bonchev–Trinajstić information content (AvgIpc) is 2.61. The number of halogens is 3. The van der Waals surface area contributed by atoms with E-state index < -0.39 is 30.9 Å². The number of ether oxygens (including phenoxy) is 2. The fraction of sp³-hybridized carbons (Fsp3) is 0.222. The van der Waals surface area contributed by atoms with Gasteiger partial charge in [-0.1, -0.05) is 39.7 Å². The normalized spacial score (nSPS) is 10.3. The quantitative estimate of drug-likeness (QED) is 0.633. The summed E-state index contributed by atoms with van der Waals surface area (Å²) in [6.07, 6.45) is 0.628. The summed E-state index contributed by atoms with van der Waals surface area (Å²) >= 11 is 8.91. The molecule has 0 aliphatic rings. The van der Waals surface area contributed by atoms with Gasteiger partial charge >= 0.3 is 5.97 Å². The maximum Gasteiger partial charge on any atom is 0.344 e. The van der Waals surface area contributed by atoms with Crippen LogP contribution in [-0.2, 0) is 20.7 Å². The van der Waals surface area contributed by atoms with Crippen molar-refractivity contribution in [2.24, 2.45) is 0 Å². The summed E-state index contributed by atoms with van der Waals surface area (Å²) in [6, 6.07) is 11.5. The van der Waals surface area contributed by atoms with Crippen LogP contribution in [0.3, 0.4) is 0 Å².